The molecule has 2 aliphatic rings. The molecule has 1 saturated heterocycles. The van der Waals surface area contributed by atoms with Crippen molar-refractivity contribution in [3.05, 3.63) is 53.6 Å². The number of carbonyl (C=O) groups is 1. The van der Waals surface area contributed by atoms with Crippen LogP contribution in [0.25, 0.3) is 0 Å². The maximum absolute atomic E-state index is 11.2. The Morgan fingerprint density at radius 2 is 2.03 bits per heavy atom. The molecule has 5 heteroatoms. The van der Waals surface area contributed by atoms with E-state index in [2.05, 4.69) is 42.2 Å². The Labute approximate surface area is 191 Å². The van der Waals surface area contributed by atoms with E-state index >= 15 is 0 Å². The van der Waals surface area contributed by atoms with E-state index in [-0.39, 0.29) is 24.2 Å². The Balaban J connectivity index is 1.47. The van der Waals surface area contributed by atoms with E-state index in [0.717, 1.165) is 56.3 Å². The number of rotatable bonds is 9. The summed E-state index contributed by atoms with van der Waals surface area (Å²) in [4.78, 5) is 13.6. The molecule has 0 bridgehead atoms. The lowest BCUT2D eigenvalue weighted by Crippen LogP contribution is -2.44. The average Bonchev–Trinajstić information content (AvgIpc) is 2.78. The zero-order valence-corrected chi connectivity index (χ0v) is 19.0. The van der Waals surface area contributed by atoms with Crippen LogP contribution in [-0.4, -0.2) is 34.9 Å². The van der Waals surface area contributed by atoms with Crippen LogP contribution >= 0.6 is 0 Å². The molecule has 2 aliphatic heterocycles. The van der Waals surface area contributed by atoms with Gasteiger partial charge in [-0.2, -0.15) is 0 Å². The molecule has 0 amide bonds. The summed E-state index contributed by atoms with van der Waals surface area (Å²) in [6.45, 7) is 3.07. The Bertz CT molecular complexity index is 913. The fraction of sp³-hybridized carbons (Fsp3) is 0.519. The Hall–Kier alpha value is -2.69. The minimum Gasteiger partial charge on any atom is -0.507 e. The van der Waals surface area contributed by atoms with Gasteiger partial charge in [-0.1, -0.05) is 30.3 Å². The lowest BCUT2D eigenvalue weighted by molar-refractivity contribution is -0.137. The first-order valence-electron chi connectivity index (χ1n) is 12.1. The molecule has 3 unspecified atom stereocenters. The first-order chi connectivity index (χ1) is 15.5. The second kappa shape index (κ2) is 10.3. The number of hydrogen-bond acceptors (Lipinski definition) is 4. The molecule has 1 fully saturated rings. The van der Waals surface area contributed by atoms with Gasteiger partial charge in [0.05, 0.1) is 6.10 Å². The number of hydrogen-bond donors (Lipinski definition) is 2. The number of nitrogens with zero attached hydrogens (tertiary/aromatic N) is 1. The quantitative estimate of drug-likeness (QED) is 0.512. The highest BCUT2D eigenvalue weighted by molar-refractivity contribution is 5.69. The van der Waals surface area contributed by atoms with Gasteiger partial charge in [-0.15, -0.1) is 0 Å². The van der Waals surface area contributed by atoms with E-state index in [1.165, 1.54) is 12.0 Å². The van der Waals surface area contributed by atoms with Crippen molar-refractivity contribution < 1.29 is 19.7 Å². The van der Waals surface area contributed by atoms with E-state index < -0.39 is 5.97 Å². The number of aromatic hydroxyl groups is 1. The monoisotopic (exact) mass is 437 g/mol. The second-order valence-corrected chi connectivity index (χ2v) is 9.39. The summed E-state index contributed by atoms with van der Waals surface area (Å²) in [6.07, 6.45) is 8.19. The standard InChI is InChI=1S/C27H35NO4/c1-19(8-7-11-20-9-3-2-4-10-20)32-23-17-24-27(25(29)18-23)21(13-14-26(30)31)16-22-12-5-6-15-28(22)24/h2-4,9-10,17-19,21-22,29H,5-8,11-16H2,1H3,(H,30,31). The zero-order valence-electron chi connectivity index (χ0n) is 19.0. The summed E-state index contributed by atoms with van der Waals surface area (Å²) in [5.74, 6) is 0.254. The SMILES string of the molecule is CC(CCCc1ccccc1)Oc1cc(O)c2c(c1)N1CCCCC1CC2CCC(=O)O. The van der Waals surface area contributed by atoms with Gasteiger partial charge in [0.1, 0.15) is 11.5 Å². The molecule has 172 valence electrons. The van der Waals surface area contributed by atoms with Gasteiger partial charge in [-0.05, 0) is 69.8 Å². The molecule has 0 saturated carbocycles. The molecular formula is C27H35NO4. The van der Waals surface area contributed by atoms with Gasteiger partial charge in [-0.3, -0.25) is 4.79 Å². The number of fused-ring (bicyclic) bond motifs is 3. The van der Waals surface area contributed by atoms with Crippen LogP contribution in [-0.2, 0) is 11.2 Å². The van der Waals surface area contributed by atoms with E-state index in [4.69, 9.17) is 4.74 Å². The highest BCUT2D eigenvalue weighted by atomic mass is 16.5. The molecule has 0 radical (unpaired) electrons. The number of anilines is 1. The molecule has 0 aromatic heterocycles. The summed E-state index contributed by atoms with van der Waals surface area (Å²) in [7, 11) is 0. The molecular weight excluding hydrogens is 402 g/mol. The first-order valence-corrected chi connectivity index (χ1v) is 12.1. The van der Waals surface area contributed by atoms with Crippen molar-refractivity contribution in [2.75, 3.05) is 11.4 Å². The van der Waals surface area contributed by atoms with Gasteiger partial charge in [-0.25, -0.2) is 0 Å². The van der Waals surface area contributed by atoms with Crippen LogP contribution < -0.4 is 9.64 Å². The number of aliphatic carboxylic acids is 1. The van der Waals surface area contributed by atoms with Crippen molar-refractivity contribution in [2.24, 2.45) is 0 Å². The third-order valence-electron chi connectivity index (χ3n) is 6.97. The van der Waals surface area contributed by atoms with E-state index in [0.29, 0.717) is 18.2 Å². The largest absolute Gasteiger partial charge is 0.507 e. The van der Waals surface area contributed by atoms with E-state index in [1.54, 1.807) is 6.07 Å². The molecule has 2 N–H and O–H groups in total. The minimum atomic E-state index is -0.776. The normalized spacial score (nSPS) is 20.8. The molecule has 4 rings (SSSR count). The molecule has 0 aliphatic carbocycles. The van der Waals surface area contributed by atoms with Crippen molar-refractivity contribution in [1.82, 2.24) is 0 Å². The average molecular weight is 438 g/mol. The first kappa shape index (κ1) is 22.5. The molecule has 2 aromatic rings. The lowest BCUT2D eigenvalue weighted by Gasteiger charge is -2.45. The van der Waals surface area contributed by atoms with Crippen LogP contribution in [0, 0.1) is 0 Å². The zero-order chi connectivity index (χ0) is 22.5. The molecule has 3 atom stereocenters. The summed E-state index contributed by atoms with van der Waals surface area (Å²) in [6, 6.07) is 14.7. The molecule has 2 aromatic carbocycles. The summed E-state index contributed by atoms with van der Waals surface area (Å²) in [5.41, 5.74) is 3.30. The van der Waals surface area contributed by atoms with Crippen LogP contribution in [0.3, 0.4) is 0 Å². The third kappa shape index (κ3) is 5.37. The predicted molar refractivity (Wildman–Crippen MR) is 127 cm³/mol. The van der Waals surface area contributed by atoms with Crippen molar-refractivity contribution in [3.8, 4) is 11.5 Å². The summed E-state index contributed by atoms with van der Waals surface area (Å²) < 4.78 is 6.23. The Morgan fingerprint density at radius 3 is 2.81 bits per heavy atom. The van der Waals surface area contributed by atoms with E-state index in [9.17, 15) is 15.0 Å². The van der Waals surface area contributed by atoms with Crippen molar-refractivity contribution in [1.29, 1.82) is 0 Å². The van der Waals surface area contributed by atoms with Gasteiger partial charge >= 0.3 is 5.97 Å². The van der Waals surface area contributed by atoms with Crippen molar-refractivity contribution >= 4 is 11.7 Å². The highest BCUT2D eigenvalue weighted by Crippen LogP contribution is 2.49. The fourth-order valence-electron chi connectivity index (χ4n) is 5.42. The third-order valence-corrected chi connectivity index (χ3v) is 6.97. The van der Waals surface area contributed by atoms with Gasteiger partial charge < -0.3 is 19.8 Å². The van der Waals surface area contributed by atoms with Gasteiger partial charge in [0.2, 0.25) is 0 Å². The smallest absolute Gasteiger partial charge is 0.303 e. The number of aryl methyl sites for hydroxylation is 1. The topological polar surface area (TPSA) is 70.0 Å². The molecule has 0 spiro atoms. The maximum Gasteiger partial charge on any atom is 0.303 e. The number of piperidine rings is 1. The van der Waals surface area contributed by atoms with Gasteiger partial charge in [0, 0.05) is 42.4 Å². The fourth-order valence-corrected chi connectivity index (χ4v) is 5.42. The Morgan fingerprint density at radius 1 is 1.22 bits per heavy atom. The van der Waals surface area contributed by atoms with Crippen LogP contribution in [0.2, 0.25) is 0 Å². The number of carboxylic acid groups (broad SMARTS) is 1. The number of benzene rings is 2. The van der Waals surface area contributed by atoms with Crippen LogP contribution in [0.4, 0.5) is 5.69 Å². The Kier molecular flexibility index (Phi) is 7.23. The number of phenolic OH excluding ortho intramolecular Hbond substituents is 1. The summed E-state index contributed by atoms with van der Waals surface area (Å²) in [5, 5.41) is 20.1. The second-order valence-electron chi connectivity index (χ2n) is 9.39. The van der Waals surface area contributed by atoms with Gasteiger partial charge in [0.25, 0.3) is 0 Å². The summed E-state index contributed by atoms with van der Waals surface area (Å²) >= 11 is 0. The predicted octanol–water partition coefficient (Wildman–Crippen LogP) is 5.89. The number of carboxylic acids is 1. The molecule has 2 heterocycles. The van der Waals surface area contributed by atoms with Crippen LogP contribution in [0.5, 0.6) is 11.5 Å². The van der Waals surface area contributed by atoms with Crippen molar-refractivity contribution in [2.45, 2.75) is 82.8 Å². The van der Waals surface area contributed by atoms with Crippen LogP contribution in [0.15, 0.2) is 42.5 Å². The van der Waals surface area contributed by atoms with Gasteiger partial charge in [0.15, 0.2) is 0 Å². The number of phenols is 1. The molecule has 5 nitrogen and oxygen atoms in total. The molecule has 32 heavy (non-hydrogen) atoms. The van der Waals surface area contributed by atoms with E-state index in [1.807, 2.05) is 6.07 Å². The van der Waals surface area contributed by atoms with Crippen LogP contribution in [0.1, 0.15) is 75.3 Å². The number of ether oxygens (including phenoxy) is 1. The lowest BCUT2D eigenvalue weighted by atomic mass is 9.79. The highest BCUT2D eigenvalue weighted by Gasteiger charge is 2.36. The maximum atomic E-state index is 11.2. The van der Waals surface area contributed by atoms with Crippen molar-refractivity contribution in [3.63, 3.8) is 0 Å². The minimum absolute atomic E-state index is 0.0553.